The monoisotopic (exact) mass is 424 g/mol. The zero-order valence-corrected chi connectivity index (χ0v) is 18.0. The van der Waals surface area contributed by atoms with Gasteiger partial charge >= 0.3 is 0 Å². The Hall–Kier alpha value is -2.34. The van der Waals surface area contributed by atoms with E-state index in [9.17, 15) is 13.2 Å². The first-order chi connectivity index (χ1) is 14.3. The zero-order chi connectivity index (χ0) is 20.9. The molecule has 6 heteroatoms. The second kappa shape index (κ2) is 7.12. The molecule has 4 saturated carbocycles. The molecule has 0 spiro atoms. The van der Waals surface area contributed by atoms with Crippen LogP contribution in [0.25, 0.3) is 0 Å². The van der Waals surface area contributed by atoms with E-state index in [4.69, 9.17) is 0 Å². The van der Waals surface area contributed by atoms with Crippen LogP contribution in [0.5, 0.6) is 0 Å². The fraction of sp³-hybridized carbons (Fsp3) is 0.458. The van der Waals surface area contributed by atoms with Gasteiger partial charge in [-0.05, 0) is 104 Å². The molecule has 30 heavy (non-hydrogen) atoms. The van der Waals surface area contributed by atoms with Crippen LogP contribution in [0.15, 0.2) is 53.4 Å². The summed E-state index contributed by atoms with van der Waals surface area (Å²) >= 11 is 0. The van der Waals surface area contributed by atoms with Gasteiger partial charge < -0.3 is 5.32 Å². The van der Waals surface area contributed by atoms with Gasteiger partial charge in [0.2, 0.25) is 5.91 Å². The molecule has 158 valence electrons. The standard InChI is InChI=1S/C24H28N2O3S/c1-16(27)25-21-6-8-23(9-7-21)30(28,29)26-22-4-2-20(3-5-22)24-13-17-10-18(14-24)12-19(11-17)15-24/h2-9,17-19,26H,10-15H2,1H3,(H,25,27). The molecule has 0 unspecified atom stereocenters. The molecule has 0 radical (unpaired) electrons. The Morgan fingerprint density at radius 3 is 1.83 bits per heavy atom. The second-order valence-corrected chi connectivity index (χ2v) is 11.3. The lowest BCUT2D eigenvalue weighted by Crippen LogP contribution is -2.48. The molecule has 4 bridgehead atoms. The summed E-state index contributed by atoms with van der Waals surface area (Å²) in [4.78, 5) is 11.3. The van der Waals surface area contributed by atoms with Crippen LogP contribution in [-0.4, -0.2) is 14.3 Å². The van der Waals surface area contributed by atoms with E-state index in [-0.39, 0.29) is 10.8 Å². The molecule has 0 atom stereocenters. The quantitative estimate of drug-likeness (QED) is 0.716. The fourth-order valence-corrected chi connectivity index (χ4v) is 7.55. The predicted molar refractivity (Wildman–Crippen MR) is 118 cm³/mol. The summed E-state index contributed by atoms with van der Waals surface area (Å²) in [7, 11) is -3.68. The minimum Gasteiger partial charge on any atom is -0.326 e. The normalized spacial score (nSPS) is 29.6. The Morgan fingerprint density at radius 2 is 1.33 bits per heavy atom. The molecule has 0 saturated heterocycles. The van der Waals surface area contributed by atoms with E-state index >= 15 is 0 Å². The highest BCUT2D eigenvalue weighted by molar-refractivity contribution is 7.92. The van der Waals surface area contributed by atoms with Crippen molar-refractivity contribution in [1.29, 1.82) is 0 Å². The van der Waals surface area contributed by atoms with Crippen LogP contribution < -0.4 is 10.0 Å². The highest BCUT2D eigenvalue weighted by atomic mass is 32.2. The summed E-state index contributed by atoms with van der Waals surface area (Å²) in [5.41, 5.74) is 2.84. The van der Waals surface area contributed by atoms with Gasteiger partial charge in [-0.3, -0.25) is 9.52 Å². The summed E-state index contributed by atoms with van der Waals surface area (Å²) in [6, 6.07) is 14.2. The molecule has 4 fully saturated rings. The smallest absolute Gasteiger partial charge is 0.261 e. The second-order valence-electron chi connectivity index (χ2n) is 9.59. The van der Waals surface area contributed by atoms with Crippen LogP contribution in [0.1, 0.15) is 51.0 Å². The predicted octanol–water partition coefficient (Wildman–Crippen LogP) is 4.91. The van der Waals surface area contributed by atoms with Gasteiger partial charge in [0.25, 0.3) is 10.0 Å². The van der Waals surface area contributed by atoms with Crippen LogP contribution in [0.3, 0.4) is 0 Å². The van der Waals surface area contributed by atoms with Gasteiger partial charge in [-0.1, -0.05) is 12.1 Å². The Kier molecular flexibility index (Phi) is 4.65. The van der Waals surface area contributed by atoms with E-state index in [1.807, 2.05) is 12.1 Å². The number of sulfonamides is 1. The molecule has 6 rings (SSSR count). The average Bonchev–Trinajstić information content (AvgIpc) is 2.67. The van der Waals surface area contributed by atoms with Crippen LogP contribution >= 0.6 is 0 Å². The van der Waals surface area contributed by atoms with Crippen LogP contribution in [0.2, 0.25) is 0 Å². The third-order valence-electron chi connectivity index (χ3n) is 7.27. The van der Waals surface area contributed by atoms with Crippen molar-refractivity contribution in [3.05, 3.63) is 54.1 Å². The first kappa shape index (κ1) is 19.6. The van der Waals surface area contributed by atoms with E-state index in [2.05, 4.69) is 22.2 Å². The first-order valence-corrected chi connectivity index (χ1v) is 12.3. The summed E-state index contributed by atoms with van der Waals surface area (Å²) in [6.45, 7) is 1.42. The van der Waals surface area contributed by atoms with Gasteiger partial charge in [0, 0.05) is 18.3 Å². The lowest BCUT2D eigenvalue weighted by atomic mass is 9.48. The van der Waals surface area contributed by atoms with E-state index in [0.717, 1.165) is 17.8 Å². The Labute approximate surface area is 178 Å². The Bertz CT molecular complexity index is 1020. The highest BCUT2D eigenvalue weighted by Gasteiger charge is 2.51. The van der Waals surface area contributed by atoms with Crippen molar-refractivity contribution in [3.8, 4) is 0 Å². The van der Waals surface area contributed by atoms with Crippen LogP contribution in [0, 0.1) is 17.8 Å². The maximum absolute atomic E-state index is 12.7. The maximum Gasteiger partial charge on any atom is 0.261 e. The molecular formula is C24H28N2O3S. The summed E-state index contributed by atoms with van der Waals surface area (Å²) in [6.07, 6.45) is 8.13. The number of hydrogen-bond donors (Lipinski definition) is 2. The SMILES string of the molecule is CC(=O)Nc1ccc(S(=O)(=O)Nc2ccc(C34CC5CC(CC(C5)C3)C4)cc2)cc1. The van der Waals surface area contributed by atoms with Crippen molar-refractivity contribution in [1.82, 2.24) is 0 Å². The van der Waals surface area contributed by atoms with Gasteiger partial charge in [-0.25, -0.2) is 8.42 Å². The molecule has 5 nitrogen and oxygen atoms in total. The molecular weight excluding hydrogens is 396 g/mol. The van der Waals surface area contributed by atoms with Crippen molar-refractivity contribution in [3.63, 3.8) is 0 Å². The lowest BCUT2D eigenvalue weighted by molar-refractivity contribution is -0.114. The number of hydrogen-bond acceptors (Lipinski definition) is 3. The van der Waals surface area contributed by atoms with Gasteiger partial charge in [0.1, 0.15) is 0 Å². The number of benzene rings is 2. The fourth-order valence-electron chi connectivity index (χ4n) is 6.49. The molecule has 0 aliphatic heterocycles. The topological polar surface area (TPSA) is 75.3 Å². The number of nitrogens with one attached hydrogen (secondary N) is 2. The number of carbonyl (C=O) groups excluding carboxylic acids is 1. The van der Waals surface area contributed by atoms with Crippen molar-refractivity contribution in [2.45, 2.75) is 55.8 Å². The van der Waals surface area contributed by atoms with Crippen molar-refractivity contribution >= 4 is 27.3 Å². The van der Waals surface area contributed by atoms with Crippen LogP contribution in [-0.2, 0) is 20.2 Å². The Morgan fingerprint density at radius 1 is 0.833 bits per heavy atom. The molecule has 2 N–H and O–H groups in total. The third-order valence-corrected chi connectivity index (χ3v) is 8.67. The molecule has 2 aromatic rings. The maximum atomic E-state index is 12.7. The van der Waals surface area contributed by atoms with Gasteiger partial charge in [-0.2, -0.15) is 0 Å². The molecule has 4 aliphatic rings. The largest absolute Gasteiger partial charge is 0.326 e. The minimum atomic E-state index is -3.68. The zero-order valence-electron chi connectivity index (χ0n) is 17.2. The summed E-state index contributed by atoms with van der Waals surface area (Å²) < 4.78 is 28.2. The van der Waals surface area contributed by atoms with Gasteiger partial charge in [0.15, 0.2) is 0 Å². The van der Waals surface area contributed by atoms with Crippen LogP contribution in [0.4, 0.5) is 11.4 Å². The molecule has 2 aromatic carbocycles. The van der Waals surface area contributed by atoms with E-state index in [1.54, 1.807) is 12.1 Å². The Balaban J connectivity index is 1.32. The first-order valence-electron chi connectivity index (χ1n) is 10.8. The van der Waals surface area contributed by atoms with Gasteiger partial charge in [-0.15, -0.1) is 0 Å². The van der Waals surface area contributed by atoms with E-state index in [1.165, 1.54) is 63.1 Å². The molecule has 0 heterocycles. The number of carbonyl (C=O) groups is 1. The van der Waals surface area contributed by atoms with Crippen molar-refractivity contribution in [2.75, 3.05) is 10.0 Å². The number of rotatable bonds is 5. The molecule has 4 aliphatic carbocycles. The van der Waals surface area contributed by atoms with E-state index < -0.39 is 10.0 Å². The van der Waals surface area contributed by atoms with Gasteiger partial charge in [0.05, 0.1) is 4.90 Å². The molecule has 1 amide bonds. The lowest BCUT2D eigenvalue weighted by Gasteiger charge is -2.57. The summed E-state index contributed by atoms with van der Waals surface area (Å²) in [5, 5.41) is 2.64. The van der Waals surface area contributed by atoms with E-state index in [0.29, 0.717) is 16.8 Å². The minimum absolute atomic E-state index is 0.168. The third kappa shape index (κ3) is 3.62. The number of amides is 1. The summed E-state index contributed by atoms with van der Waals surface area (Å²) in [5.74, 6) is 2.46. The molecule has 0 aromatic heterocycles. The number of anilines is 2. The van der Waals surface area contributed by atoms with Crippen molar-refractivity contribution in [2.24, 2.45) is 17.8 Å². The van der Waals surface area contributed by atoms with Crippen molar-refractivity contribution < 1.29 is 13.2 Å². The highest BCUT2D eigenvalue weighted by Crippen LogP contribution is 2.60. The average molecular weight is 425 g/mol.